The first-order valence-corrected chi connectivity index (χ1v) is 10.5. The number of carbonyl (C=O) groups excluding carboxylic acids is 2. The summed E-state index contributed by atoms with van der Waals surface area (Å²) in [5.41, 5.74) is 3.70. The minimum atomic E-state index is -0.592. The molecule has 0 radical (unpaired) electrons. The second kappa shape index (κ2) is 11.2. The summed E-state index contributed by atoms with van der Waals surface area (Å²) in [5.74, 6) is -0.285. The number of aromatic hydroxyl groups is 1. The van der Waals surface area contributed by atoms with Crippen molar-refractivity contribution in [2.45, 2.75) is 19.4 Å². The van der Waals surface area contributed by atoms with Crippen LogP contribution in [0.3, 0.4) is 0 Å². The number of hydrogen-bond acceptors (Lipinski definition) is 5. The van der Waals surface area contributed by atoms with Crippen molar-refractivity contribution in [3.63, 3.8) is 0 Å². The monoisotopic (exact) mass is 607 g/mol. The lowest BCUT2D eigenvalue weighted by Crippen LogP contribution is -2.33. The van der Waals surface area contributed by atoms with Crippen LogP contribution < -0.4 is 10.7 Å². The van der Waals surface area contributed by atoms with Crippen molar-refractivity contribution in [2.24, 2.45) is 5.10 Å². The molecule has 0 aromatic heterocycles. The molecule has 0 bridgehead atoms. The number of carbonyl (C=O) groups is 2. The van der Waals surface area contributed by atoms with Gasteiger partial charge in [0.05, 0.1) is 28.9 Å². The normalized spacial score (nSPS) is 11.8. The molecule has 0 aliphatic heterocycles. The molecule has 1 atom stereocenters. The van der Waals surface area contributed by atoms with Crippen molar-refractivity contribution in [3.05, 3.63) is 60.7 Å². The number of nitrogens with one attached hydrogen (secondary N) is 2. The summed E-state index contributed by atoms with van der Waals surface area (Å²) in [5, 5.41) is 16.6. The molecule has 2 rings (SSSR count). The number of ether oxygens (including phenoxy) is 1. The second-order valence-corrected chi connectivity index (χ2v) is 8.06. The summed E-state index contributed by atoms with van der Waals surface area (Å²) in [6.07, 6.45) is 0.773. The Balaban J connectivity index is 2.04. The highest BCUT2D eigenvalue weighted by atomic mass is 127. The maximum Gasteiger partial charge on any atom is 0.407 e. The topological polar surface area (TPSA) is 100 Å². The van der Waals surface area contributed by atoms with E-state index >= 15 is 0 Å². The van der Waals surface area contributed by atoms with Crippen LogP contribution in [0, 0.1) is 7.14 Å². The lowest BCUT2D eigenvalue weighted by atomic mass is 10.0. The van der Waals surface area contributed by atoms with Crippen LogP contribution in [0.15, 0.2) is 47.6 Å². The molecule has 2 aromatic carbocycles. The number of phenols is 1. The maximum absolute atomic E-state index is 12.3. The van der Waals surface area contributed by atoms with E-state index in [0.717, 1.165) is 9.13 Å². The Morgan fingerprint density at radius 1 is 1.25 bits per heavy atom. The number of halogens is 2. The van der Waals surface area contributed by atoms with Gasteiger partial charge in [-0.25, -0.2) is 10.2 Å². The van der Waals surface area contributed by atoms with Gasteiger partial charge in [-0.15, -0.1) is 0 Å². The zero-order chi connectivity index (χ0) is 20.5. The van der Waals surface area contributed by atoms with E-state index in [4.69, 9.17) is 4.74 Å². The smallest absolute Gasteiger partial charge is 0.407 e. The molecular weight excluding hydrogens is 588 g/mol. The van der Waals surface area contributed by atoms with Gasteiger partial charge in [0.1, 0.15) is 5.75 Å². The van der Waals surface area contributed by atoms with Gasteiger partial charge in [0.25, 0.3) is 0 Å². The van der Waals surface area contributed by atoms with Gasteiger partial charge in [-0.3, -0.25) is 4.79 Å². The number of hydrogen-bond donors (Lipinski definition) is 3. The highest BCUT2D eigenvalue weighted by Gasteiger charge is 2.18. The van der Waals surface area contributed by atoms with Crippen LogP contribution >= 0.6 is 45.2 Å². The van der Waals surface area contributed by atoms with Crippen molar-refractivity contribution in [2.75, 3.05) is 6.61 Å². The Labute approximate surface area is 190 Å². The number of hydrazone groups is 1. The van der Waals surface area contributed by atoms with E-state index in [1.165, 1.54) is 6.21 Å². The Bertz CT molecular complexity index is 860. The molecule has 0 saturated heterocycles. The molecule has 3 N–H and O–H groups in total. The van der Waals surface area contributed by atoms with Crippen molar-refractivity contribution < 1.29 is 19.4 Å². The third kappa shape index (κ3) is 6.93. The van der Waals surface area contributed by atoms with Gasteiger partial charge in [-0.1, -0.05) is 30.3 Å². The van der Waals surface area contributed by atoms with Crippen LogP contribution in [0.25, 0.3) is 0 Å². The van der Waals surface area contributed by atoms with E-state index < -0.39 is 12.1 Å². The molecule has 0 saturated carbocycles. The lowest BCUT2D eigenvalue weighted by molar-refractivity contribution is -0.121. The van der Waals surface area contributed by atoms with Crippen LogP contribution in [-0.4, -0.2) is 29.9 Å². The molecule has 0 unspecified atom stereocenters. The predicted molar refractivity (Wildman–Crippen MR) is 123 cm³/mol. The predicted octanol–water partition coefficient (Wildman–Crippen LogP) is 3.93. The highest BCUT2D eigenvalue weighted by molar-refractivity contribution is 14.1. The number of nitrogens with zero attached hydrogens (tertiary/aromatic N) is 1. The fourth-order valence-corrected chi connectivity index (χ4v) is 4.23. The Morgan fingerprint density at radius 3 is 2.64 bits per heavy atom. The number of amides is 2. The SMILES string of the molecule is CCOC(=O)N[C@H](CC(=O)N/N=C\c1cc(I)cc(I)c1O)c1ccccc1. The molecule has 0 aliphatic rings. The number of phenolic OH excluding ortho intramolecular Hbond substituents is 1. The zero-order valence-corrected chi connectivity index (χ0v) is 19.3. The summed E-state index contributed by atoms with van der Waals surface area (Å²) in [7, 11) is 0. The van der Waals surface area contributed by atoms with Crippen molar-refractivity contribution >= 4 is 63.4 Å². The Hall–Kier alpha value is -1.89. The fourth-order valence-electron chi connectivity index (χ4n) is 2.34. The lowest BCUT2D eigenvalue weighted by Gasteiger charge is -2.18. The van der Waals surface area contributed by atoms with Gasteiger partial charge in [0, 0.05) is 9.13 Å². The molecule has 0 fully saturated rings. The number of benzene rings is 2. The van der Waals surface area contributed by atoms with Crippen LogP contribution in [0.1, 0.15) is 30.5 Å². The van der Waals surface area contributed by atoms with Gasteiger partial charge in [-0.2, -0.15) is 5.10 Å². The van der Waals surface area contributed by atoms with Gasteiger partial charge in [-0.05, 0) is 69.8 Å². The summed E-state index contributed by atoms with van der Waals surface area (Å²) < 4.78 is 6.54. The van der Waals surface area contributed by atoms with Gasteiger partial charge < -0.3 is 15.2 Å². The molecule has 0 spiro atoms. The van der Waals surface area contributed by atoms with Crippen LogP contribution in [-0.2, 0) is 9.53 Å². The van der Waals surface area contributed by atoms with E-state index in [-0.39, 0.29) is 24.7 Å². The number of rotatable bonds is 7. The van der Waals surface area contributed by atoms with E-state index in [1.54, 1.807) is 13.0 Å². The molecule has 28 heavy (non-hydrogen) atoms. The van der Waals surface area contributed by atoms with E-state index in [0.29, 0.717) is 9.13 Å². The summed E-state index contributed by atoms with van der Waals surface area (Å²) in [4.78, 5) is 24.1. The van der Waals surface area contributed by atoms with E-state index in [2.05, 4.69) is 38.4 Å². The van der Waals surface area contributed by atoms with Gasteiger partial charge >= 0.3 is 6.09 Å². The van der Waals surface area contributed by atoms with Crippen molar-refractivity contribution in [1.29, 1.82) is 0 Å². The molecule has 2 aromatic rings. The van der Waals surface area contributed by atoms with Gasteiger partial charge in [0.2, 0.25) is 5.91 Å². The summed E-state index contributed by atoms with van der Waals surface area (Å²) in [6.45, 7) is 1.95. The number of alkyl carbamates (subject to hydrolysis) is 1. The third-order valence-corrected chi connectivity index (χ3v) is 5.05. The molecule has 148 valence electrons. The van der Waals surface area contributed by atoms with Gasteiger partial charge in [0.15, 0.2) is 0 Å². The minimum absolute atomic E-state index is 0.0178. The zero-order valence-electron chi connectivity index (χ0n) is 15.0. The third-order valence-electron chi connectivity index (χ3n) is 3.61. The van der Waals surface area contributed by atoms with Crippen LogP contribution in [0.5, 0.6) is 5.75 Å². The minimum Gasteiger partial charge on any atom is -0.506 e. The van der Waals surface area contributed by atoms with E-state index in [1.807, 2.05) is 59.0 Å². The molecule has 0 heterocycles. The quantitative estimate of drug-likeness (QED) is 0.253. The Morgan fingerprint density at radius 2 is 1.96 bits per heavy atom. The Kier molecular flexibility index (Phi) is 8.96. The average molecular weight is 607 g/mol. The molecule has 0 aliphatic carbocycles. The van der Waals surface area contributed by atoms with Crippen LogP contribution in [0.2, 0.25) is 0 Å². The first kappa shape index (κ1) is 22.4. The largest absolute Gasteiger partial charge is 0.506 e. The first-order chi connectivity index (χ1) is 13.4. The summed E-state index contributed by atoms with van der Waals surface area (Å²) >= 11 is 4.16. The van der Waals surface area contributed by atoms with Crippen molar-refractivity contribution in [1.82, 2.24) is 10.7 Å². The van der Waals surface area contributed by atoms with E-state index in [9.17, 15) is 14.7 Å². The van der Waals surface area contributed by atoms with Crippen LogP contribution in [0.4, 0.5) is 4.79 Å². The maximum atomic E-state index is 12.3. The molecule has 7 nitrogen and oxygen atoms in total. The first-order valence-electron chi connectivity index (χ1n) is 8.38. The highest BCUT2D eigenvalue weighted by Crippen LogP contribution is 2.25. The molecule has 9 heteroatoms. The molecule has 2 amide bonds. The standard InChI is InChI=1S/C19H19I2N3O4/c1-2-28-19(27)23-16(12-6-4-3-5-7-12)10-17(25)24-22-11-13-8-14(20)9-15(21)18(13)26/h3-9,11,16,26H,2,10H2,1H3,(H,23,27)(H,24,25)/b22-11-/t16-/m1/s1. The summed E-state index contributed by atoms with van der Waals surface area (Å²) in [6, 6.07) is 12.2. The molecular formula is C19H19I2N3O4. The fraction of sp³-hybridized carbons (Fsp3) is 0.211. The average Bonchev–Trinajstić information content (AvgIpc) is 2.66. The second-order valence-electron chi connectivity index (χ2n) is 5.65. The van der Waals surface area contributed by atoms with Crippen molar-refractivity contribution in [3.8, 4) is 5.75 Å².